The van der Waals surface area contributed by atoms with Crippen LogP contribution in [0.3, 0.4) is 0 Å². The van der Waals surface area contributed by atoms with E-state index in [1.54, 1.807) is 30.6 Å². The minimum Gasteiger partial charge on any atom is -0.452 e. The molecule has 0 aliphatic carbocycles. The number of hydrogen-bond donors (Lipinski definition) is 0. The molecule has 7 heteroatoms. The molecule has 1 amide bonds. The molecule has 2 aromatic carbocycles. The molecule has 4 rings (SSSR count). The van der Waals surface area contributed by atoms with E-state index in [1.807, 2.05) is 65.6 Å². The molecule has 0 bridgehead atoms. The van der Waals surface area contributed by atoms with E-state index in [0.29, 0.717) is 0 Å². The molecule has 0 radical (unpaired) electrons. The van der Waals surface area contributed by atoms with E-state index >= 15 is 0 Å². The highest BCUT2D eigenvalue weighted by Gasteiger charge is 2.55. The molecule has 1 saturated heterocycles. The third kappa shape index (κ3) is 4.92. The first-order valence-corrected chi connectivity index (χ1v) is 13.3. The van der Waals surface area contributed by atoms with Gasteiger partial charge in [-0.25, -0.2) is 0 Å². The van der Waals surface area contributed by atoms with E-state index in [2.05, 4.69) is 27.7 Å². The van der Waals surface area contributed by atoms with Crippen LogP contribution in [0.4, 0.5) is 0 Å². The maximum absolute atomic E-state index is 13.0. The summed E-state index contributed by atoms with van der Waals surface area (Å²) >= 11 is 3.23. The molecule has 1 unspecified atom stereocenters. The van der Waals surface area contributed by atoms with Crippen LogP contribution in [0.5, 0.6) is 0 Å². The molecule has 0 aromatic heterocycles. The van der Waals surface area contributed by atoms with Crippen LogP contribution < -0.4 is 0 Å². The first kappa shape index (κ1) is 24.9. The van der Waals surface area contributed by atoms with Crippen molar-refractivity contribution in [3.8, 4) is 0 Å². The number of hydrogen-bond acceptors (Lipinski definition) is 6. The van der Waals surface area contributed by atoms with Crippen LogP contribution in [0.2, 0.25) is 0 Å². The Morgan fingerprint density at radius 1 is 1.06 bits per heavy atom. The van der Waals surface area contributed by atoms with Gasteiger partial charge in [0.1, 0.15) is 5.37 Å². The van der Waals surface area contributed by atoms with Crippen molar-refractivity contribution in [2.24, 2.45) is 5.41 Å². The van der Waals surface area contributed by atoms with Gasteiger partial charge in [-0.1, -0.05) is 81.4 Å². The van der Waals surface area contributed by atoms with Gasteiger partial charge in [0.05, 0.1) is 10.3 Å². The molecule has 2 aromatic rings. The second kappa shape index (κ2) is 10.2. The molecule has 2 heterocycles. The molecule has 180 valence electrons. The third-order valence-corrected chi connectivity index (χ3v) is 9.13. The van der Waals surface area contributed by atoms with Gasteiger partial charge in [-0.2, -0.15) is 0 Å². The summed E-state index contributed by atoms with van der Waals surface area (Å²) in [4.78, 5) is 27.5. The lowest BCUT2D eigenvalue weighted by Crippen LogP contribution is -2.66. The number of fused-ring (bicyclic) bond motifs is 1. The minimum absolute atomic E-state index is 0.0145. The van der Waals surface area contributed by atoms with Crippen molar-refractivity contribution in [3.05, 3.63) is 83.1 Å². The Kier molecular flexibility index (Phi) is 7.45. The topological polar surface area (TPSA) is 55.8 Å². The van der Waals surface area contributed by atoms with Gasteiger partial charge in [-0.3, -0.25) is 14.5 Å². The lowest BCUT2D eigenvalue weighted by molar-refractivity contribution is -0.160. The van der Waals surface area contributed by atoms with Gasteiger partial charge >= 0.3 is 5.97 Å². The number of carbonyl (C=O) groups excluding carboxylic acids is 2. The lowest BCUT2D eigenvalue weighted by atomic mass is 9.85. The fourth-order valence-electron chi connectivity index (χ4n) is 4.57. The van der Waals surface area contributed by atoms with E-state index in [9.17, 15) is 9.59 Å². The van der Waals surface area contributed by atoms with E-state index in [4.69, 9.17) is 9.47 Å². The average molecular weight is 498 g/mol. The summed E-state index contributed by atoms with van der Waals surface area (Å²) in [6, 6.07) is 19.6. The number of amides is 1. The molecular weight excluding hydrogens is 466 g/mol. The first-order valence-electron chi connectivity index (χ1n) is 11.4. The predicted octanol–water partition coefficient (Wildman–Crippen LogP) is 5.63. The molecule has 5 nitrogen and oxygen atoms in total. The van der Waals surface area contributed by atoms with Crippen molar-refractivity contribution in [3.63, 3.8) is 0 Å². The minimum atomic E-state index is -0.450. The maximum atomic E-state index is 13.0. The Labute approximate surface area is 210 Å². The van der Waals surface area contributed by atoms with Crippen LogP contribution in [0.1, 0.15) is 44.9 Å². The van der Waals surface area contributed by atoms with E-state index in [0.717, 1.165) is 22.4 Å². The van der Waals surface area contributed by atoms with E-state index < -0.39 is 12.2 Å². The number of rotatable bonds is 7. The number of esters is 1. The molecule has 0 N–H and O–H groups in total. The summed E-state index contributed by atoms with van der Waals surface area (Å²) in [7, 11) is 1.58. The average Bonchev–Trinajstić information content (AvgIpc) is 2.82. The number of nitrogens with zero attached hydrogens (tertiary/aromatic N) is 1. The molecule has 3 atom stereocenters. The van der Waals surface area contributed by atoms with Crippen molar-refractivity contribution in [1.82, 2.24) is 4.90 Å². The fourth-order valence-corrected chi connectivity index (χ4v) is 7.41. The van der Waals surface area contributed by atoms with Crippen molar-refractivity contribution in [1.29, 1.82) is 0 Å². The SMILES string of the molecule is CO[C@H]1C(=O)N2C(C(C)(C)C)=C(C)C(SCC(=O)OC(c3ccccc3)c3ccccc3)S[C@H]12. The molecule has 0 saturated carbocycles. The summed E-state index contributed by atoms with van der Waals surface area (Å²) in [5.41, 5.74) is 3.85. The molecule has 1 fully saturated rings. The van der Waals surface area contributed by atoms with Crippen LogP contribution in [0.25, 0.3) is 0 Å². The fraction of sp³-hybridized carbons (Fsp3) is 0.407. The highest BCUT2D eigenvalue weighted by Crippen LogP contribution is 2.52. The zero-order valence-corrected chi connectivity index (χ0v) is 21.8. The molecule has 0 spiro atoms. The Morgan fingerprint density at radius 2 is 1.62 bits per heavy atom. The third-order valence-electron chi connectivity index (χ3n) is 6.00. The van der Waals surface area contributed by atoms with Crippen molar-refractivity contribution >= 4 is 35.4 Å². The largest absolute Gasteiger partial charge is 0.452 e. The predicted molar refractivity (Wildman–Crippen MR) is 138 cm³/mol. The number of carbonyl (C=O) groups is 2. The van der Waals surface area contributed by atoms with Crippen LogP contribution in [0.15, 0.2) is 71.9 Å². The normalized spacial score (nSPS) is 22.5. The van der Waals surface area contributed by atoms with Gasteiger partial charge in [0.2, 0.25) is 0 Å². The number of methoxy groups -OCH3 is 1. The van der Waals surface area contributed by atoms with Crippen LogP contribution in [0, 0.1) is 5.41 Å². The van der Waals surface area contributed by atoms with E-state index in [-0.39, 0.29) is 33.0 Å². The summed E-state index contributed by atoms with van der Waals surface area (Å²) in [5, 5.41) is -0.0645. The summed E-state index contributed by atoms with van der Waals surface area (Å²) in [6.07, 6.45) is -0.889. The molecular formula is C27H31NO4S2. The number of benzene rings is 2. The van der Waals surface area contributed by atoms with Crippen LogP contribution in [-0.4, -0.2) is 45.7 Å². The lowest BCUT2D eigenvalue weighted by Gasteiger charge is -2.54. The Hall–Kier alpha value is -2.22. The monoisotopic (exact) mass is 497 g/mol. The van der Waals surface area contributed by atoms with Crippen LogP contribution in [-0.2, 0) is 19.1 Å². The first-order chi connectivity index (χ1) is 16.2. The van der Waals surface area contributed by atoms with Gasteiger partial charge < -0.3 is 9.47 Å². The number of ether oxygens (including phenoxy) is 2. The molecule has 2 aliphatic heterocycles. The van der Waals surface area contributed by atoms with Gasteiger partial charge in [0, 0.05) is 18.2 Å². The second-order valence-corrected chi connectivity index (χ2v) is 12.1. The van der Waals surface area contributed by atoms with Gasteiger partial charge in [0.25, 0.3) is 5.91 Å². The van der Waals surface area contributed by atoms with Gasteiger partial charge in [-0.05, 0) is 23.6 Å². The summed E-state index contributed by atoms with van der Waals surface area (Å²) in [5.74, 6) is -0.0227. The molecule has 2 aliphatic rings. The standard InChI is InChI=1S/C27H31NO4S2/c1-17-23(27(2,3)4)28-24(30)22(31-5)25(28)34-26(17)33-16-20(29)32-21(18-12-8-6-9-13-18)19-14-10-7-11-15-19/h6-15,21-22,25-26H,16H2,1-5H3/t22-,25+,26?/m0/s1. The smallest absolute Gasteiger partial charge is 0.316 e. The van der Waals surface area contributed by atoms with E-state index in [1.165, 1.54) is 0 Å². The number of allylic oxidation sites excluding steroid dienone is 1. The van der Waals surface area contributed by atoms with Crippen molar-refractivity contribution in [2.75, 3.05) is 12.9 Å². The Balaban J connectivity index is 1.50. The van der Waals surface area contributed by atoms with Gasteiger partial charge in [0.15, 0.2) is 12.2 Å². The quantitative estimate of drug-likeness (QED) is 0.365. The highest BCUT2D eigenvalue weighted by atomic mass is 32.2. The number of β-lactam (4-membered cyclic amide) rings is 1. The second-order valence-electron chi connectivity index (χ2n) is 9.51. The summed E-state index contributed by atoms with van der Waals surface area (Å²) < 4.78 is 11.5. The van der Waals surface area contributed by atoms with Gasteiger partial charge in [-0.15, -0.1) is 23.5 Å². The maximum Gasteiger partial charge on any atom is 0.316 e. The van der Waals surface area contributed by atoms with Crippen LogP contribution >= 0.6 is 23.5 Å². The zero-order chi connectivity index (χ0) is 24.5. The molecule has 34 heavy (non-hydrogen) atoms. The number of thioether (sulfide) groups is 2. The Morgan fingerprint density at radius 3 is 2.12 bits per heavy atom. The zero-order valence-electron chi connectivity index (χ0n) is 20.2. The van der Waals surface area contributed by atoms with Crippen molar-refractivity contribution in [2.45, 2.75) is 49.9 Å². The summed E-state index contributed by atoms with van der Waals surface area (Å²) in [6.45, 7) is 8.42. The Bertz CT molecular complexity index is 1030. The highest BCUT2D eigenvalue weighted by molar-refractivity contribution is 8.17. The van der Waals surface area contributed by atoms with Crippen molar-refractivity contribution < 1.29 is 19.1 Å².